The van der Waals surface area contributed by atoms with E-state index in [0.717, 1.165) is 27.1 Å². The van der Waals surface area contributed by atoms with Gasteiger partial charge in [-0.2, -0.15) is 0 Å². The van der Waals surface area contributed by atoms with Crippen molar-refractivity contribution >= 4 is 59.1 Å². The highest BCUT2D eigenvalue weighted by Crippen LogP contribution is 2.37. The zero-order valence-corrected chi connectivity index (χ0v) is 23.8. The minimum absolute atomic E-state index is 0.412. The molecule has 0 fully saturated rings. The highest BCUT2D eigenvalue weighted by molar-refractivity contribution is 7.99. The Morgan fingerprint density at radius 2 is 1.44 bits per heavy atom. The van der Waals surface area contributed by atoms with Gasteiger partial charge in [-0.1, -0.05) is 98.0 Å². The SMILES string of the molecule is C=C(C)C(C)Cc1c(C)c(=C)c2c(SC)c3ccccc3c(S)c2c1=C.CC.CC.CC. The van der Waals surface area contributed by atoms with Crippen molar-refractivity contribution in [3.63, 3.8) is 0 Å². The van der Waals surface area contributed by atoms with E-state index in [1.54, 1.807) is 11.8 Å². The van der Waals surface area contributed by atoms with Gasteiger partial charge in [-0.25, -0.2) is 0 Å². The van der Waals surface area contributed by atoms with Crippen molar-refractivity contribution in [2.24, 2.45) is 5.92 Å². The molecule has 2 heteroatoms. The summed E-state index contributed by atoms with van der Waals surface area (Å²) in [4.78, 5) is 2.28. The first-order chi connectivity index (χ1) is 15.3. The first-order valence-electron chi connectivity index (χ1n) is 11.9. The van der Waals surface area contributed by atoms with Gasteiger partial charge < -0.3 is 0 Å². The Hall–Kier alpha value is -1.64. The maximum absolute atomic E-state index is 4.94. The smallest absolute Gasteiger partial charge is 0.0233 e. The van der Waals surface area contributed by atoms with E-state index in [1.165, 1.54) is 37.8 Å². The number of benzene rings is 3. The molecule has 3 aromatic rings. The van der Waals surface area contributed by atoms with Crippen LogP contribution < -0.4 is 10.4 Å². The lowest BCUT2D eigenvalue weighted by Crippen LogP contribution is -2.23. The van der Waals surface area contributed by atoms with Crippen LogP contribution in [0.3, 0.4) is 0 Å². The van der Waals surface area contributed by atoms with E-state index in [0.29, 0.717) is 5.92 Å². The molecule has 3 aromatic carbocycles. The molecule has 32 heavy (non-hydrogen) atoms. The highest BCUT2D eigenvalue weighted by Gasteiger charge is 2.17. The van der Waals surface area contributed by atoms with E-state index in [-0.39, 0.29) is 0 Å². The van der Waals surface area contributed by atoms with Gasteiger partial charge in [0.1, 0.15) is 0 Å². The summed E-state index contributed by atoms with van der Waals surface area (Å²) in [6.07, 6.45) is 3.07. The quantitative estimate of drug-likeness (QED) is 0.172. The van der Waals surface area contributed by atoms with Crippen LogP contribution in [0.5, 0.6) is 0 Å². The Kier molecular flexibility index (Phi) is 13.8. The zero-order chi connectivity index (χ0) is 25.2. The standard InChI is InChI=1S/C24H26S2.3C2H6/c1-13(2)14(3)12-20-15(4)16(5)22-21(17(20)6)23(25)18-10-8-9-11-19(18)24(22)26-7;3*1-2/h8-11,14,25H,1,5-6,12H2,2-4,7H3;3*1-2H3. The average molecular weight is 469 g/mol. The molecule has 0 nitrogen and oxygen atoms in total. The normalized spacial score (nSPS) is 10.8. The number of thioether (sulfide) groups is 1. The van der Waals surface area contributed by atoms with Crippen molar-refractivity contribution in [1.82, 2.24) is 0 Å². The largest absolute Gasteiger partial charge is 0.142 e. The second-order valence-electron chi connectivity index (χ2n) is 7.19. The molecule has 1 unspecified atom stereocenters. The van der Waals surface area contributed by atoms with E-state index in [9.17, 15) is 0 Å². The minimum Gasteiger partial charge on any atom is -0.142 e. The van der Waals surface area contributed by atoms with Crippen LogP contribution in [0.15, 0.2) is 46.2 Å². The Balaban J connectivity index is 0.00000148. The predicted octanol–water partition coefficient (Wildman–Crippen LogP) is 8.97. The van der Waals surface area contributed by atoms with E-state index >= 15 is 0 Å². The molecule has 176 valence electrons. The molecule has 0 saturated carbocycles. The maximum Gasteiger partial charge on any atom is 0.0233 e. The summed E-state index contributed by atoms with van der Waals surface area (Å²) in [5.41, 5.74) is 3.73. The first kappa shape index (κ1) is 30.4. The third-order valence-corrected chi connectivity index (χ3v) is 6.87. The summed E-state index contributed by atoms with van der Waals surface area (Å²) in [6, 6.07) is 8.48. The molecule has 0 amide bonds. The molecular weight excluding hydrogens is 424 g/mol. The van der Waals surface area contributed by atoms with Crippen LogP contribution in [-0.4, -0.2) is 6.26 Å². The first-order valence-corrected chi connectivity index (χ1v) is 13.5. The number of hydrogen-bond acceptors (Lipinski definition) is 2. The predicted molar refractivity (Wildman–Crippen MR) is 157 cm³/mol. The number of thiol groups is 1. The lowest BCUT2D eigenvalue weighted by Gasteiger charge is -2.20. The topological polar surface area (TPSA) is 0 Å². The van der Waals surface area contributed by atoms with E-state index in [2.05, 4.69) is 71.0 Å². The van der Waals surface area contributed by atoms with Gasteiger partial charge in [-0.15, -0.1) is 24.4 Å². The number of allylic oxidation sites excluding steroid dienone is 1. The fourth-order valence-corrected chi connectivity index (χ4v) is 4.96. The van der Waals surface area contributed by atoms with Crippen molar-refractivity contribution in [3.8, 4) is 0 Å². The molecule has 0 aromatic heterocycles. The molecule has 0 radical (unpaired) electrons. The van der Waals surface area contributed by atoms with E-state index < -0.39 is 0 Å². The summed E-state index contributed by atoms with van der Waals surface area (Å²) < 4.78 is 0. The molecule has 0 heterocycles. The van der Waals surface area contributed by atoms with Crippen molar-refractivity contribution < 1.29 is 0 Å². The van der Waals surface area contributed by atoms with Crippen LogP contribution in [0.25, 0.3) is 34.7 Å². The van der Waals surface area contributed by atoms with E-state index in [1.807, 2.05) is 41.5 Å². The van der Waals surface area contributed by atoms with Crippen LogP contribution in [0, 0.1) is 12.8 Å². The van der Waals surface area contributed by atoms with Gasteiger partial charge in [0.15, 0.2) is 0 Å². The lowest BCUT2D eigenvalue weighted by molar-refractivity contribution is 0.675. The maximum atomic E-state index is 4.94. The molecule has 0 aliphatic rings. The second-order valence-corrected chi connectivity index (χ2v) is 8.45. The molecule has 0 aliphatic heterocycles. The molecule has 1 atom stereocenters. The Bertz CT molecular complexity index is 1140. The van der Waals surface area contributed by atoms with Crippen molar-refractivity contribution in [3.05, 3.63) is 58.0 Å². The second kappa shape index (κ2) is 14.5. The average Bonchev–Trinajstić information content (AvgIpc) is 2.84. The van der Waals surface area contributed by atoms with Crippen LogP contribution in [-0.2, 0) is 6.42 Å². The lowest BCUT2D eigenvalue weighted by atomic mass is 9.88. The number of hydrogen-bond donors (Lipinski definition) is 1. The van der Waals surface area contributed by atoms with Crippen LogP contribution in [0.1, 0.15) is 66.5 Å². The summed E-state index contributed by atoms with van der Waals surface area (Å²) in [7, 11) is 0. The third kappa shape index (κ3) is 6.02. The molecule has 0 bridgehead atoms. The molecule has 0 spiro atoms. The van der Waals surface area contributed by atoms with Gasteiger partial charge in [0, 0.05) is 20.6 Å². The number of fused-ring (bicyclic) bond motifs is 2. The molecule has 0 saturated heterocycles. The summed E-state index contributed by atoms with van der Waals surface area (Å²) in [5, 5.41) is 6.96. The molecule has 0 aliphatic carbocycles. The fraction of sp³-hybridized carbons (Fsp3) is 0.400. The van der Waals surface area contributed by atoms with Gasteiger partial charge in [-0.3, -0.25) is 0 Å². The van der Waals surface area contributed by atoms with Gasteiger partial charge >= 0.3 is 0 Å². The zero-order valence-electron chi connectivity index (χ0n) is 22.1. The fourth-order valence-electron chi connectivity index (χ4n) is 3.69. The summed E-state index contributed by atoms with van der Waals surface area (Å²) in [5.74, 6) is 0.412. The van der Waals surface area contributed by atoms with Crippen LogP contribution >= 0.6 is 24.4 Å². The monoisotopic (exact) mass is 468 g/mol. The van der Waals surface area contributed by atoms with E-state index in [4.69, 9.17) is 12.6 Å². The van der Waals surface area contributed by atoms with Gasteiger partial charge in [0.2, 0.25) is 0 Å². The van der Waals surface area contributed by atoms with Gasteiger partial charge in [0.25, 0.3) is 0 Å². The molecular formula is C30H44S2. The van der Waals surface area contributed by atoms with Crippen molar-refractivity contribution in [1.29, 1.82) is 0 Å². The van der Waals surface area contributed by atoms with Crippen LogP contribution in [0.4, 0.5) is 0 Å². The third-order valence-electron chi connectivity index (χ3n) is 5.57. The Labute approximate surface area is 207 Å². The van der Waals surface area contributed by atoms with Gasteiger partial charge in [-0.05, 0) is 64.8 Å². The summed E-state index contributed by atoms with van der Waals surface area (Å²) in [6.45, 7) is 31.6. The summed E-state index contributed by atoms with van der Waals surface area (Å²) >= 11 is 6.71. The minimum atomic E-state index is 0.412. The molecule has 3 rings (SSSR count). The van der Waals surface area contributed by atoms with Crippen molar-refractivity contribution in [2.75, 3.05) is 6.26 Å². The van der Waals surface area contributed by atoms with Crippen molar-refractivity contribution in [2.45, 2.75) is 78.5 Å². The van der Waals surface area contributed by atoms with Crippen LogP contribution in [0.2, 0.25) is 0 Å². The molecule has 0 N–H and O–H groups in total. The highest BCUT2D eigenvalue weighted by atomic mass is 32.2. The number of rotatable bonds is 4. The Morgan fingerprint density at radius 1 is 0.938 bits per heavy atom. The van der Waals surface area contributed by atoms with Gasteiger partial charge in [0.05, 0.1) is 0 Å². The Morgan fingerprint density at radius 3 is 1.91 bits per heavy atom.